The van der Waals surface area contributed by atoms with Gasteiger partial charge in [-0.2, -0.15) is 5.01 Å². The number of aliphatic carboxylic acids is 1. The van der Waals surface area contributed by atoms with Gasteiger partial charge in [-0.25, -0.2) is 0 Å². The van der Waals surface area contributed by atoms with Gasteiger partial charge in [0.15, 0.2) is 0 Å². The molecule has 2 aliphatic carbocycles. The van der Waals surface area contributed by atoms with Gasteiger partial charge < -0.3 is 19.7 Å². The average molecular weight is 680 g/mol. The topological polar surface area (TPSA) is 163 Å². The molecule has 0 spiro atoms. The molecule has 0 aromatic heterocycles. The third kappa shape index (κ3) is 4.84. The zero-order valence-electron chi connectivity index (χ0n) is 27.8. The number of phenolic OH excluding ortho intramolecular Hbond substituents is 1. The predicted octanol–water partition coefficient (Wildman–Crippen LogP) is 4.18. The van der Waals surface area contributed by atoms with Gasteiger partial charge in [-0.1, -0.05) is 59.7 Å². The number of carbonyl (C=O) groups excluding carboxylic acids is 4. The molecule has 50 heavy (non-hydrogen) atoms. The predicted molar refractivity (Wildman–Crippen MR) is 179 cm³/mol. The van der Waals surface area contributed by atoms with Crippen molar-refractivity contribution in [2.75, 3.05) is 26.2 Å². The third-order valence-corrected chi connectivity index (χ3v) is 10.9. The second kappa shape index (κ2) is 12.3. The van der Waals surface area contributed by atoms with Crippen LogP contribution in [0.2, 0.25) is 0 Å². The zero-order chi connectivity index (χ0) is 35.5. The number of fused-ring (bicyclic) bond motifs is 4. The molecule has 12 heteroatoms. The molecule has 6 unspecified atom stereocenters. The first-order chi connectivity index (χ1) is 24.0. The fourth-order valence-corrected chi connectivity index (χ4v) is 8.72. The quantitative estimate of drug-likeness (QED) is 0.221. The summed E-state index contributed by atoms with van der Waals surface area (Å²) in [5.74, 6) is -7.24. The van der Waals surface area contributed by atoms with Gasteiger partial charge in [0, 0.05) is 30.2 Å². The number of nitrogens with one attached hydrogen (secondary N) is 1. The van der Waals surface area contributed by atoms with Crippen molar-refractivity contribution in [1.82, 2.24) is 9.91 Å². The summed E-state index contributed by atoms with van der Waals surface area (Å²) >= 11 is 0. The monoisotopic (exact) mass is 679 g/mol. The Kier molecular flexibility index (Phi) is 8.12. The van der Waals surface area contributed by atoms with Crippen LogP contribution in [-0.2, 0) is 29.4 Å². The Bertz CT molecular complexity index is 1940. The van der Waals surface area contributed by atoms with Gasteiger partial charge in [0.05, 0.1) is 49.5 Å². The Hall–Kier alpha value is -5.65. The van der Waals surface area contributed by atoms with Crippen molar-refractivity contribution in [1.29, 1.82) is 0 Å². The Morgan fingerprint density at radius 1 is 0.940 bits per heavy atom. The molecule has 3 aromatic rings. The third-order valence-electron chi connectivity index (χ3n) is 10.9. The summed E-state index contributed by atoms with van der Waals surface area (Å²) in [4.78, 5) is 70.1. The molecule has 0 radical (unpaired) electrons. The van der Waals surface area contributed by atoms with Gasteiger partial charge in [-0.05, 0) is 43.4 Å². The molecule has 258 valence electrons. The lowest BCUT2D eigenvalue weighted by molar-refractivity contribution is -0.143. The van der Waals surface area contributed by atoms with Crippen LogP contribution in [-0.4, -0.2) is 70.5 Å². The number of carbonyl (C=O) groups is 5. The smallest absolute Gasteiger partial charge is 0.305 e. The maximum Gasteiger partial charge on any atom is 0.305 e. The normalized spacial score (nSPS) is 27.0. The lowest BCUT2D eigenvalue weighted by Crippen LogP contribution is -2.53. The summed E-state index contributed by atoms with van der Waals surface area (Å²) in [6.45, 7) is 1.66. The van der Waals surface area contributed by atoms with Crippen LogP contribution >= 0.6 is 0 Å². The summed E-state index contributed by atoms with van der Waals surface area (Å²) in [6, 6.07) is 19.2. The van der Waals surface area contributed by atoms with Crippen LogP contribution in [0, 0.1) is 30.6 Å². The van der Waals surface area contributed by atoms with Crippen molar-refractivity contribution in [3.05, 3.63) is 95.1 Å². The fraction of sp³-hybridized carbons (Fsp3) is 0.342. The van der Waals surface area contributed by atoms with Crippen LogP contribution in [0.5, 0.6) is 17.2 Å². The van der Waals surface area contributed by atoms with E-state index in [1.807, 2.05) is 31.2 Å². The standard InChI is InChI=1S/C38H37N3O9/c1-20-9-11-22(12-10-20)39-41-35(46)27-19-26-24(13-14-25-31(26)36(47)40(34(25)45)16-15-30(43)44)33(32-28(42)17-23(49-2)18-29(32)50-3)38(27,37(41)48)21-7-5-4-6-8-21/h4-13,17-18,25-27,31,33,39,42H,14-16,19H2,1-3H3,(H,43,44). The molecule has 2 saturated heterocycles. The molecule has 4 aliphatic rings. The van der Waals surface area contributed by atoms with Crippen LogP contribution < -0.4 is 14.9 Å². The van der Waals surface area contributed by atoms with E-state index in [0.717, 1.165) is 15.5 Å². The van der Waals surface area contributed by atoms with Gasteiger partial charge in [0.2, 0.25) is 11.8 Å². The maximum atomic E-state index is 15.3. The number of carboxylic acids is 1. The molecule has 0 bridgehead atoms. The highest BCUT2D eigenvalue weighted by molar-refractivity contribution is 6.13. The molecular weight excluding hydrogens is 642 g/mol. The van der Waals surface area contributed by atoms with Gasteiger partial charge in [-0.15, -0.1) is 0 Å². The second-order valence-electron chi connectivity index (χ2n) is 13.3. The summed E-state index contributed by atoms with van der Waals surface area (Å²) in [7, 11) is 2.88. The van der Waals surface area contributed by atoms with E-state index in [1.165, 1.54) is 20.3 Å². The summed E-state index contributed by atoms with van der Waals surface area (Å²) in [5, 5.41) is 22.1. The highest BCUT2D eigenvalue weighted by atomic mass is 16.5. The van der Waals surface area contributed by atoms with E-state index in [1.54, 1.807) is 42.5 Å². The van der Waals surface area contributed by atoms with E-state index in [2.05, 4.69) is 5.43 Å². The number of aromatic hydroxyl groups is 1. The highest BCUT2D eigenvalue weighted by Gasteiger charge is 2.71. The maximum absolute atomic E-state index is 15.3. The fourth-order valence-electron chi connectivity index (χ4n) is 8.72. The Morgan fingerprint density at radius 2 is 1.66 bits per heavy atom. The van der Waals surface area contributed by atoms with Crippen molar-refractivity contribution in [2.45, 2.75) is 37.5 Å². The van der Waals surface area contributed by atoms with Crippen molar-refractivity contribution in [3.8, 4) is 17.2 Å². The van der Waals surface area contributed by atoms with Crippen molar-refractivity contribution >= 4 is 35.3 Å². The van der Waals surface area contributed by atoms with Crippen molar-refractivity contribution < 1.29 is 43.7 Å². The number of benzene rings is 3. The number of methoxy groups -OCH3 is 2. The van der Waals surface area contributed by atoms with Crippen LogP contribution in [0.25, 0.3) is 0 Å². The van der Waals surface area contributed by atoms with E-state index in [9.17, 15) is 29.4 Å². The van der Waals surface area contributed by atoms with Gasteiger partial charge in [0.1, 0.15) is 17.2 Å². The zero-order valence-corrected chi connectivity index (χ0v) is 27.8. The highest BCUT2D eigenvalue weighted by Crippen LogP contribution is 2.66. The molecular formula is C38H37N3O9. The first kappa shape index (κ1) is 32.9. The number of rotatable bonds is 9. The van der Waals surface area contributed by atoms with Crippen LogP contribution in [0.4, 0.5) is 5.69 Å². The summed E-state index contributed by atoms with van der Waals surface area (Å²) in [6.07, 6.45) is 1.68. The number of hydrogen-bond acceptors (Lipinski definition) is 9. The number of phenols is 1. The van der Waals surface area contributed by atoms with E-state index >= 15 is 4.79 Å². The lowest BCUT2D eigenvalue weighted by atomic mass is 9.49. The number of hydrogen-bond donors (Lipinski definition) is 3. The molecule has 12 nitrogen and oxygen atoms in total. The molecule has 3 aromatic carbocycles. The summed E-state index contributed by atoms with van der Waals surface area (Å²) in [5.41, 5.74) is 4.35. The number of hydrazine groups is 1. The number of allylic oxidation sites excluding steroid dienone is 2. The minimum Gasteiger partial charge on any atom is -0.507 e. The van der Waals surface area contributed by atoms with E-state index in [-0.39, 0.29) is 36.4 Å². The largest absolute Gasteiger partial charge is 0.507 e. The van der Waals surface area contributed by atoms with Gasteiger partial charge in [-0.3, -0.25) is 34.3 Å². The lowest BCUT2D eigenvalue weighted by Gasteiger charge is -2.50. The number of likely N-dealkylation sites (tertiary alicyclic amines) is 1. The van der Waals surface area contributed by atoms with Crippen LogP contribution in [0.15, 0.2) is 78.4 Å². The molecule has 1 saturated carbocycles. The van der Waals surface area contributed by atoms with Gasteiger partial charge in [0.25, 0.3) is 11.8 Å². The van der Waals surface area contributed by atoms with E-state index in [0.29, 0.717) is 22.6 Å². The Balaban J connectivity index is 1.46. The Labute approximate surface area is 288 Å². The second-order valence-corrected chi connectivity index (χ2v) is 13.3. The Morgan fingerprint density at radius 3 is 2.32 bits per heavy atom. The molecule has 3 fully saturated rings. The molecule has 4 amide bonds. The van der Waals surface area contributed by atoms with Crippen LogP contribution in [0.1, 0.15) is 41.9 Å². The van der Waals surface area contributed by atoms with Crippen molar-refractivity contribution in [3.63, 3.8) is 0 Å². The SMILES string of the molecule is COc1cc(O)c(C2C3=CCC4C(=O)N(CCC(=O)O)C(=O)C4C3CC3C(=O)N(Nc4ccc(C)cc4)C(=O)C32c2ccccc2)c(OC)c1. The minimum absolute atomic E-state index is 0.0556. The first-order valence-electron chi connectivity index (χ1n) is 16.5. The number of ether oxygens (including phenoxy) is 2. The first-order valence-corrected chi connectivity index (χ1v) is 16.5. The van der Waals surface area contributed by atoms with E-state index < -0.39 is 71.0 Å². The van der Waals surface area contributed by atoms with Crippen LogP contribution in [0.3, 0.4) is 0 Å². The minimum atomic E-state index is -1.61. The number of imide groups is 2. The molecule has 2 heterocycles. The number of aryl methyl sites for hydroxylation is 1. The number of carboxylic acid groups (broad SMARTS) is 1. The van der Waals surface area contributed by atoms with Crippen molar-refractivity contribution in [2.24, 2.45) is 23.7 Å². The van der Waals surface area contributed by atoms with E-state index in [4.69, 9.17) is 9.47 Å². The molecule has 6 atom stereocenters. The molecule has 2 aliphatic heterocycles. The molecule has 3 N–H and O–H groups in total. The average Bonchev–Trinajstić information content (AvgIpc) is 3.48. The number of anilines is 1. The number of nitrogens with zero attached hydrogens (tertiary/aromatic N) is 2. The number of amides is 4. The van der Waals surface area contributed by atoms with Gasteiger partial charge >= 0.3 is 5.97 Å². The molecule has 7 rings (SSSR count). The summed E-state index contributed by atoms with van der Waals surface area (Å²) < 4.78 is 11.3.